The number of halogens is 2. The van der Waals surface area contributed by atoms with Crippen LogP contribution in [0.1, 0.15) is 18.7 Å². The molecule has 0 saturated carbocycles. The van der Waals surface area contributed by atoms with E-state index in [1.807, 2.05) is 0 Å². The van der Waals surface area contributed by atoms with Crippen molar-refractivity contribution in [2.75, 3.05) is 32.6 Å². The number of benzene rings is 2. The van der Waals surface area contributed by atoms with E-state index in [0.29, 0.717) is 72.0 Å². The molecule has 0 bridgehead atoms. The number of nitrogens with zero attached hydrogens (tertiary/aromatic N) is 3. The summed E-state index contributed by atoms with van der Waals surface area (Å²) in [5.74, 6) is 1.31. The van der Waals surface area contributed by atoms with Crippen LogP contribution in [0.4, 0.5) is 10.1 Å². The number of ether oxygens (including phenoxy) is 2. The zero-order valence-electron chi connectivity index (χ0n) is 18.3. The molecular formula is C23H24ClFN4O4. The van der Waals surface area contributed by atoms with Gasteiger partial charge in [0.1, 0.15) is 17.3 Å². The molecule has 1 aliphatic rings. The molecule has 0 atom stereocenters. The molecule has 174 valence electrons. The van der Waals surface area contributed by atoms with E-state index < -0.39 is 0 Å². The third-order valence-corrected chi connectivity index (χ3v) is 5.91. The first-order valence-corrected chi connectivity index (χ1v) is 10.9. The molecule has 4 rings (SSSR count). The van der Waals surface area contributed by atoms with Gasteiger partial charge in [-0.25, -0.2) is 4.39 Å². The van der Waals surface area contributed by atoms with Gasteiger partial charge in [0.25, 0.3) is 0 Å². The molecule has 1 aromatic heterocycles. The van der Waals surface area contributed by atoms with Gasteiger partial charge >= 0.3 is 0 Å². The molecule has 0 unspecified atom stereocenters. The molecule has 1 amide bonds. The van der Waals surface area contributed by atoms with Gasteiger partial charge in [-0.3, -0.25) is 9.69 Å². The van der Waals surface area contributed by atoms with Gasteiger partial charge in [-0.1, -0.05) is 16.8 Å². The summed E-state index contributed by atoms with van der Waals surface area (Å²) in [6.07, 6.45) is 1.38. The number of carbonyl (C=O) groups excluding carboxylic acids is 1. The Balaban J connectivity index is 1.32. The first kappa shape index (κ1) is 23.0. The minimum atomic E-state index is -0.317. The average molecular weight is 475 g/mol. The highest BCUT2D eigenvalue weighted by Crippen LogP contribution is 2.36. The Hall–Kier alpha value is -3.17. The van der Waals surface area contributed by atoms with Crippen LogP contribution in [0, 0.1) is 11.7 Å². The van der Waals surface area contributed by atoms with Gasteiger partial charge in [-0.05, 0) is 50.2 Å². The van der Waals surface area contributed by atoms with Crippen LogP contribution >= 0.6 is 11.6 Å². The van der Waals surface area contributed by atoms with Gasteiger partial charge in [0.2, 0.25) is 17.6 Å². The maximum atomic E-state index is 13.1. The molecule has 8 nitrogen and oxygen atoms in total. The predicted molar refractivity (Wildman–Crippen MR) is 121 cm³/mol. The van der Waals surface area contributed by atoms with Gasteiger partial charge in [0.05, 0.1) is 31.5 Å². The maximum Gasteiger partial charge on any atom is 0.241 e. The van der Waals surface area contributed by atoms with E-state index in [0.717, 1.165) is 0 Å². The number of anilines is 1. The number of carbonyl (C=O) groups is 1. The number of likely N-dealkylation sites (tertiary alicyclic amines) is 1. The lowest BCUT2D eigenvalue weighted by atomic mass is 9.95. The van der Waals surface area contributed by atoms with Crippen LogP contribution in [0.5, 0.6) is 11.5 Å². The third kappa shape index (κ3) is 5.43. The Bertz CT molecular complexity index is 1110. The zero-order chi connectivity index (χ0) is 23.4. The monoisotopic (exact) mass is 474 g/mol. The molecule has 0 spiro atoms. The number of methoxy groups -OCH3 is 2. The first-order valence-electron chi connectivity index (χ1n) is 10.5. The number of amides is 1. The highest BCUT2D eigenvalue weighted by atomic mass is 35.5. The van der Waals surface area contributed by atoms with Crippen molar-refractivity contribution in [1.82, 2.24) is 15.0 Å². The minimum Gasteiger partial charge on any atom is -0.495 e. The van der Waals surface area contributed by atoms with E-state index in [1.54, 1.807) is 24.3 Å². The number of nitrogens with one attached hydrogen (secondary N) is 1. The molecule has 1 N–H and O–H groups in total. The third-order valence-electron chi connectivity index (χ3n) is 5.62. The number of piperidine rings is 1. The maximum absolute atomic E-state index is 13.1. The lowest BCUT2D eigenvalue weighted by Crippen LogP contribution is -2.37. The Kier molecular flexibility index (Phi) is 7.10. The summed E-state index contributed by atoms with van der Waals surface area (Å²) >= 11 is 6.14. The molecule has 3 aromatic rings. The number of rotatable bonds is 7. The van der Waals surface area contributed by atoms with Crippen LogP contribution in [0.2, 0.25) is 5.02 Å². The SMILES string of the molecule is COc1cc(NC(=O)C2CCN(Cc3nc(-c4ccc(F)cc4)no3)CC2)c(OC)cc1Cl. The van der Waals surface area contributed by atoms with Crippen LogP contribution < -0.4 is 14.8 Å². The van der Waals surface area contributed by atoms with Gasteiger partial charge in [-0.15, -0.1) is 0 Å². The normalized spacial score (nSPS) is 14.8. The smallest absolute Gasteiger partial charge is 0.241 e. The first-order chi connectivity index (χ1) is 16.0. The summed E-state index contributed by atoms with van der Waals surface area (Å²) in [6.45, 7) is 1.92. The lowest BCUT2D eigenvalue weighted by molar-refractivity contribution is -0.121. The van der Waals surface area contributed by atoms with Crippen LogP contribution in [-0.2, 0) is 11.3 Å². The van der Waals surface area contributed by atoms with Crippen molar-refractivity contribution in [2.24, 2.45) is 5.92 Å². The van der Waals surface area contributed by atoms with Crippen molar-refractivity contribution in [3.8, 4) is 22.9 Å². The molecule has 0 radical (unpaired) electrons. The number of hydrogen-bond acceptors (Lipinski definition) is 7. The van der Waals surface area contributed by atoms with E-state index in [-0.39, 0.29) is 17.6 Å². The second-order valence-corrected chi connectivity index (χ2v) is 8.15. The van der Waals surface area contributed by atoms with E-state index in [2.05, 4.69) is 20.4 Å². The molecule has 2 heterocycles. The van der Waals surface area contributed by atoms with Gasteiger partial charge in [0, 0.05) is 23.6 Å². The summed E-state index contributed by atoms with van der Waals surface area (Å²) in [7, 11) is 3.03. The van der Waals surface area contributed by atoms with E-state index in [1.165, 1.54) is 26.4 Å². The van der Waals surface area contributed by atoms with Crippen LogP contribution in [-0.4, -0.2) is 48.3 Å². The van der Waals surface area contributed by atoms with Crippen molar-refractivity contribution >= 4 is 23.2 Å². The second-order valence-electron chi connectivity index (χ2n) is 7.75. The fourth-order valence-electron chi connectivity index (χ4n) is 3.77. The fraction of sp³-hybridized carbons (Fsp3) is 0.348. The van der Waals surface area contributed by atoms with Crippen molar-refractivity contribution in [3.05, 3.63) is 53.1 Å². The zero-order valence-corrected chi connectivity index (χ0v) is 19.1. The summed E-state index contributed by atoms with van der Waals surface area (Å²) < 4.78 is 29.0. The summed E-state index contributed by atoms with van der Waals surface area (Å²) in [4.78, 5) is 19.4. The highest BCUT2D eigenvalue weighted by Gasteiger charge is 2.27. The molecule has 1 fully saturated rings. The summed E-state index contributed by atoms with van der Waals surface area (Å²) in [5, 5.41) is 7.32. The standard InChI is InChI=1S/C23H24ClFN4O4/c1-31-19-12-18(20(32-2)11-17(19)24)26-23(30)15-7-9-29(10-8-15)13-21-27-22(28-33-21)14-3-5-16(25)6-4-14/h3-6,11-12,15H,7-10,13H2,1-2H3,(H,26,30). The van der Waals surface area contributed by atoms with Crippen LogP contribution in [0.25, 0.3) is 11.4 Å². The van der Waals surface area contributed by atoms with Gasteiger partial charge in [0.15, 0.2) is 0 Å². The highest BCUT2D eigenvalue weighted by molar-refractivity contribution is 6.32. The van der Waals surface area contributed by atoms with Crippen LogP contribution in [0.3, 0.4) is 0 Å². The summed E-state index contributed by atoms with van der Waals surface area (Å²) in [5.41, 5.74) is 1.21. The lowest BCUT2D eigenvalue weighted by Gasteiger charge is -2.30. The van der Waals surface area contributed by atoms with E-state index >= 15 is 0 Å². The molecule has 1 saturated heterocycles. The van der Waals surface area contributed by atoms with E-state index in [9.17, 15) is 9.18 Å². The Morgan fingerprint density at radius 3 is 2.55 bits per heavy atom. The summed E-state index contributed by atoms with van der Waals surface area (Å²) in [6, 6.07) is 9.21. The molecular weight excluding hydrogens is 451 g/mol. The Morgan fingerprint density at radius 2 is 1.88 bits per heavy atom. The quantitative estimate of drug-likeness (QED) is 0.543. The van der Waals surface area contributed by atoms with Crippen molar-refractivity contribution in [2.45, 2.75) is 19.4 Å². The van der Waals surface area contributed by atoms with Crippen molar-refractivity contribution < 1.29 is 23.2 Å². The second kappa shape index (κ2) is 10.2. The predicted octanol–water partition coefficient (Wildman–Crippen LogP) is 4.40. The van der Waals surface area contributed by atoms with Gasteiger partial charge in [-0.2, -0.15) is 4.98 Å². The molecule has 2 aromatic carbocycles. The Morgan fingerprint density at radius 1 is 1.18 bits per heavy atom. The number of aromatic nitrogens is 2. The molecule has 1 aliphatic heterocycles. The number of hydrogen-bond donors (Lipinski definition) is 1. The minimum absolute atomic E-state index is 0.0753. The molecule has 0 aliphatic carbocycles. The van der Waals surface area contributed by atoms with Crippen molar-refractivity contribution in [3.63, 3.8) is 0 Å². The molecule has 10 heteroatoms. The Labute approximate surface area is 195 Å². The fourth-order valence-corrected chi connectivity index (χ4v) is 4.00. The average Bonchev–Trinajstić information content (AvgIpc) is 3.29. The molecule has 33 heavy (non-hydrogen) atoms. The van der Waals surface area contributed by atoms with E-state index in [4.69, 9.17) is 25.6 Å². The van der Waals surface area contributed by atoms with Gasteiger partial charge < -0.3 is 19.3 Å². The largest absolute Gasteiger partial charge is 0.495 e. The van der Waals surface area contributed by atoms with Crippen molar-refractivity contribution in [1.29, 1.82) is 0 Å². The van der Waals surface area contributed by atoms with Crippen LogP contribution in [0.15, 0.2) is 40.9 Å². The topological polar surface area (TPSA) is 89.7 Å².